The molecule has 0 aliphatic rings. The van der Waals surface area contributed by atoms with E-state index in [1.165, 1.54) is 18.0 Å². The molecule has 3 aromatic carbocycles. The van der Waals surface area contributed by atoms with Gasteiger partial charge in [0.05, 0.1) is 17.7 Å². The molecule has 2 N–H and O–H groups in total. The van der Waals surface area contributed by atoms with Crippen molar-refractivity contribution in [2.24, 2.45) is 5.10 Å². The first-order valence-electron chi connectivity index (χ1n) is 11.2. The van der Waals surface area contributed by atoms with E-state index in [0.29, 0.717) is 16.5 Å². The molecule has 0 aromatic heterocycles. The Morgan fingerprint density at radius 1 is 1.05 bits per heavy atom. The van der Waals surface area contributed by atoms with Crippen LogP contribution in [0.2, 0.25) is 5.02 Å². The van der Waals surface area contributed by atoms with Crippen molar-refractivity contribution in [2.75, 3.05) is 16.4 Å². The summed E-state index contributed by atoms with van der Waals surface area (Å²) in [6, 6.07) is 18.0. The van der Waals surface area contributed by atoms with Crippen LogP contribution in [0.1, 0.15) is 32.6 Å². The van der Waals surface area contributed by atoms with Gasteiger partial charge >= 0.3 is 6.03 Å². The number of anilines is 1. The second-order valence-corrected chi connectivity index (χ2v) is 11.3. The van der Waals surface area contributed by atoms with E-state index in [0.717, 1.165) is 27.2 Å². The molecule has 0 radical (unpaired) electrons. The monoisotopic (exact) mass is 559 g/mol. The lowest BCUT2D eigenvalue weighted by atomic mass is 10.1. The van der Waals surface area contributed by atoms with Crippen LogP contribution in [-0.2, 0) is 15.9 Å². The molecule has 0 atom stereocenters. The smallest absolute Gasteiger partial charge is 0.286 e. The maximum absolute atomic E-state index is 13.5. The Kier molecular flexibility index (Phi) is 9.87. The van der Waals surface area contributed by atoms with Crippen LogP contribution in [0, 0.1) is 13.8 Å². The number of benzene rings is 3. The lowest BCUT2D eigenvalue weighted by Gasteiger charge is -2.20. The zero-order chi connectivity index (χ0) is 27.0. The number of nitrogens with zero attached hydrogens (tertiary/aromatic N) is 2. The van der Waals surface area contributed by atoms with Crippen molar-refractivity contribution in [3.63, 3.8) is 0 Å². The van der Waals surface area contributed by atoms with Crippen LogP contribution in [0.5, 0.6) is 0 Å². The number of nitrogens with one attached hydrogen (secondary N) is 1. The standard InChI is InChI=1S/C26H26ClN3O5S2/c1-18-6-7-20(14-19(18)2)16-28-29-26(32)30(24-10-8-23(27)9-11-24)25(31)22-5-3-4-21(15-22)17-36-12-13-37(33,34)35/h3-11,14-16H,12-13,17H2,1-2H3,(H,29,32)(H,33,34,35). The molecule has 194 valence electrons. The van der Waals surface area contributed by atoms with E-state index in [1.54, 1.807) is 48.5 Å². The van der Waals surface area contributed by atoms with Gasteiger partial charge in [-0.05, 0) is 72.5 Å². The number of halogens is 1. The largest absolute Gasteiger partial charge is 0.349 e. The van der Waals surface area contributed by atoms with Gasteiger partial charge in [0.2, 0.25) is 0 Å². The van der Waals surface area contributed by atoms with Crippen LogP contribution in [0.15, 0.2) is 71.8 Å². The number of amides is 3. The topological polar surface area (TPSA) is 116 Å². The Bertz CT molecular complexity index is 1410. The molecule has 11 heteroatoms. The second-order valence-electron chi connectivity index (χ2n) is 8.17. The fraction of sp³-hybridized carbons (Fsp3) is 0.192. The first-order valence-corrected chi connectivity index (χ1v) is 14.3. The van der Waals surface area contributed by atoms with E-state index in [4.69, 9.17) is 16.2 Å². The van der Waals surface area contributed by atoms with Crippen molar-refractivity contribution in [1.82, 2.24) is 5.43 Å². The SMILES string of the molecule is Cc1ccc(C=NNC(=O)N(C(=O)c2cccc(CSCCS(=O)(=O)O)c2)c2ccc(Cl)cc2)cc1C. The Balaban J connectivity index is 1.79. The fourth-order valence-electron chi connectivity index (χ4n) is 3.25. The molecule has 3 rings (SSSR count). The van der Waals surface area contributed by atoms with Gasteiger partial charge in [-0.1, -0.05) is 41.9 Å². The number of carbonyl (C=O) groups is 2. The zero-order valence-electron chi connectivity index (χ0n) is 20.2. The normalized spacial score (nSPS) is 11.5. The average Bonchev–Trinajstić information content (AvgIpc) is 2.85. The van der Waals surface area contributed by atoms with Crippen LogP contribution < -0.4 is 10.3 Å². The van der Waals surface area contributed by atoms with Crippen molar-refractivity contribution in [3.05, 3.63) is 99.6 Å². The number of carbonyl (C=O) groups excluding carboxylic acids is 2. The molecule has 0 fully saturated rings. The number of hydrogen-bond donors (Lipinski definition) is 2. The van der Waals surface area contributed by atoms with Crippen molar-refractivity contribution >= 4 is 57.3 Å². The molecule has 0 spiro atoms. The molecule has 3 aromatic rings. The molecular weight excluding hydrogens is 534 g/mol. The Morgan fingerprint density at radius 3 is 2.46 bits per heavy atom. The summed E-state index contributed by atoms with van der Waals surface area (Å²) < 4.78 is 30.7. The van der Waals surface area contributed by atoms with Crippen molar-refractivity contribution in [3.8, 4) is 0 Å². The Morgan fingerprint density at radius 2 is 1.78 bits per heavy atom. The van der Waals surface area contributed by atoms with Gasteiger partial charge in [0.1, 0.15) is 0 Å². The number of rotatable bonds is 9. The summed E-state index contributed by atoms with van der Waals surface area (Å²) in [6.07, 6.45) is 1.50. The van der Waals surface area contributed by atoms with Gasteiger partial charge in [-0.2, -0.15) is 25.3 Å². The third-order valence-electron chi connectivity index (χ3n) is 5.32. The number of hydrazone groups is 1. The zero-order valence-corrected chi connectivity index (χ0v) is 22.6. The molecule has 0 saturated heterocycles. The maximum atomic E-state index is 13.5. The van der Waals surface area contributed by atoms with Gasteiger partial charge in [0.15, 0.2) is 0 Å². The lowest BCUT2D eigenvalue weighted by Crippen LogP contribution is -2.42. The van der Waals surface area contributed by atoms with E-state index in [1.807, 2.05) is 32.0 Å². The highest BCUT2D eigenvalue weighted by molar-refractivity contribution is 7.99. The van der Waals surface area contributed by atoms with Crippen LogP contribution >= 0.6 is 23.4 Å². The molecule has 0 aliphatic carbocycles. The number of urea groups is 1. The van der Waals surface area contributed by atoms with Gasteiger partial charge in [-0.3, -0.25) is 9.35 Å². The van der Waals surface area contributed by atoms with E-state index in [9.17, 15) is 18.0 Å². The number of thioether (sulfide) groups is 1. The quantitative estimate of drug-likeness (QED) is 0.155. The Hall–Kier alpha value is -3.18. The van der Waals surface area contributed by atoms with E-state index < -0.39 is 22.1 Å². The summed E-state index contributed by atoms with van der Waals surface area (Å²) in [4.78, 5) is 27.5. The summed E-state index contributed by atoms with van der Waals surface area (Å²) in [7, 11) is -4.03. The van der Waals surface area contributed by atoms with Gasteiger partial charge in [0.25, 0.3) is 16.0 Å². The van der Waals surface area contributed by atoms with Crippen molar-refractivity contribution in [2.45, 2.75) is 19.6 Å². The third-order valence-corrected chi connectivity index (χ3v) is 7.58. The highest BCUT2D eigenvalue weighted by atomic mass is 35.5. The minimum absolute atomic E-state index is 0.203. The molecule has 0 bridgehead atoms. The van der Waals surface area contributed by atoms with E-state index in [-0.39, 0.29) is 17.1 Å². The third kappa shape index (κ3) is 8.71. The minimum atomic E-state index is -4.03. The van der Waals surface area contributed by atoms with E-state index in [2.05, 4.69) is 10.5 Å². The first kappa shape index (κ1) is 28.4. The summed E-state index contributed by atoms with van der Waals surface area (Å²) >= 11 is 7.29. The van der Waals surface area contributed by atoms with Gasteiger partial charge in [-0.25, -0.2) is 15.1 Å². The number of imide groups is 1. The number of aryl methyl sites for hydroxylation is 2. The summed E-state index contributed by atoms with van der Waals surface area (Å²) in [5.74, 6) is -0.312. The summed E-state index contributed by atoms with van der Waals surface area (Å²) in [5, 5.41) is 4.47. The lowest BCUT2D eigenvalue weighted by molar-refractivity contribution is 0.0993. The maximum Gasteiger partial charge on any atom is 0.349 e. The molecular formula is C26H26ClN3O5S2. The van der Waals surface area contributed by atoms with Crippen LogP contribution in [0.4, 0.5) is 10.5 Å². The second kappa shape index (κ2) is 12.9. The van der Waals surface area contributed by atoms with Crippen LogP contribution in [0.3, 0.4) is 0 Å². The molecule has 3 amide bonds. The predicted molar refractivity (Wildman–Crippen MR) is 149 cm³/mol. The summed E-state index contributed by atoms with van der Waals surface area (Å²) in [5.41, 5.74) is 6.77. The summed E-state index contributed by atoms with van der Waals surface area (Å²) in [6.45, 7) is 3.98. The molecule has 0 heterocycles. The first-order chi connectivity index (χ1) is 17.5. The highest BCUT2D eigenvalue weighted by Gasteiger charge is 2.25. The molecule has 0 saturated carbocycles. The van der Waals surface area contributed by atoms with E-state index >= 15 is 0 Å². The van der Waals surface area contributed by atoms with Gasteiger partial charge in [0, 0.05) is 22.1 Å². The molecule has 37 heavy (non-hydrogen) atoms. The fourth-order valence-corrected chi connectivity index (χ4v) is 5.25. The molecule has 0 aliphatic heterocycles. The molecule has 0 unspecified atom stereocenters. The molecule has 8 nitrogen and oxygen atoms in total. The highest BCUT2D eigenvalue weighted by Crippen LogP contribution is 2.22. The van der Waals surface area contributed by atoms with Crippen LogP contribution in [-0.4, -0.2) is 42.6 Å². The van der Waals surface area contributed by atoms with Gasteiger partial charge in [-0.15, -0.1) is 0 Å². The average molecular weight is 560 g/mol. The van der Waals surface area contributed by atoms with Crippen LogP contribution in [0.25, 0.3) is 0 Å². The minimum Gasteiger partial charge on any atom is -0.286 e. The van der Waals surface area contributed by atoms with Gasteiger partial charge < -0.3 is 0 Å². The van der Waals surface area contributed by atoms with Crippen molar-refractivity contribution in [1.29, 1.82) is 0 Å². The van der Waals surface area contributed by atoms with Crippen molar-refractivity contribution < 1.29 is 22.6 Å². The number of hydrogen-bond acceptors (Lipinski definition) is 6. The predicted octanol–water partition coefficient (Wildman–Crippen LogP) is 5.47. The Labute approximate surface area is 225 Å².